The molecule has 0 radical (unpaired) electrons. The Morgan fingerprint density at radius 1 is 1.10 bits per heavy atom. The van der Waals surface area contributed by atoms with Gasteiger partial charge in [-0.15, -0.1) is 0 Å². The summed E-state index contributed by atoms with van der Waals surface area (Å²) in [6.45, 7) is 2.68. The first kappa shape index (κ1) is 14.6. The van der Waals surface area contributed by atoms with Crippen molar-refractivity contribution in [3.05, 3.63) is 59.7 Å². The summed E-state index contributed by atoms with van der Waals surface area (Å²) in [6, 6.07) is 15.7. The zero-order chi connectivity index (χ0) is 14.4. The molecule has 0 spiro atoms. The molecule has 0 saturated heterocycles. The van der Waals surface area contributed by atoms with Crippen molar-refractivity contribution in [2.45, 2.75) is 13.3 Å². The number of nitrogens with two attached hydrogens (primary N) is 1. The van der Waals surface area contributed by atoms with Crippen LogP contribution in [-0.4, -0.2) is 18.3 Å². The molecule has 0 aromatic heterocycles. The van der Waals surface area contributed by atoms with Crippen LogP contribution in [-0.2, 0) is 6.42 Å². The van der Waals surface area contributed by atoms with E-state index in [-0.39, 0.29) is 12.5 Å². The van der Waals surface area contributed by atoms with E-state index in [2.05, 4.69) is 6.92 Å². The van der Waals surface area contributed by atoms with Gasteiger partial charge in [-0.2, -0.15) is 0 Å². The van der Waals surface area contributed by atoms with Gasteiger partial charge in [0.2, 0.25) is 0 Å². The molecule has 0 amide bonds. The summed E-state index contributed by atoms with van der Waals surface area (Å²) in [7, 11) is 0. The summed E-state index contributed by atoms with van der Waals surface area (Å²) in [5.74, 6) is 1.77. The van der Waals surface area contributed by atoms with E-state index in [4.69, 9.17) is 10.5 Å². The van der Waals surface area contributed by atoms with Crippen molar-refractivity contribution in [1.29, 1.82) is 0 Å². The van der Waals surface area contributed by atoms with Crippen LogP contribution >= 0.6 is 0 Å². The summed E-state index contributed by atoms with van der Waals surface area (Å²) in [6.07, 6.45) is 0.796. The second-order valence-electron chi connectivity index (χ2n) is 4.99. The Kier molecular flexibility index (Phi) is 5.16. The van der Waals surface area contributed by atoms with Crippen LogP contribution in [0.5, 0.6) is 11.5 Å². The number of aryl methyl sites for hydroxylation is 1. The van der Waals surface area contributed by atoms with Crippen LogP contribution in [0, 0.1) is 12.8 Å². The Hall–Kier alpha value is -1.84. The van der Waals surface area contributed by atoms with Crippen LogP contribution in [0.15, 0.2) is 48.5 Å². The molecule has 0 aliphatic heterocycles. The van der Waals surface area contributed by atoms with Crippen molar-refractivity contribution in [3.63, 3.8) is 0 Å². The molecular formula is C17H21NO2. The normalized spacial score (nSPS) is 12.2. The largest absolute Gasteiger partial charge is 0.457 e. The molecule has 3 nitrogen and oxygen atoms in total. The first-order valence-electron chi connectivity index (χ1n) is 6.86. The fraction of sp³-hybridized carbons (Fsp3) is 0.294. The Morgan fingerprint density at radius 2 is 1.85 bits per heavy atom. The molecule has 0 aliphatic carbocycles. The number of rotatable bonds is 6. The molecule has 0 heterocycles. The minimum atomic E-state index is 0.120. The highest BCUT2D eigenvalue weighted by molar-refractivity contribution is 5.38. The van der Waals surface area contributed by atoms with Crippen molar-refractivity contribution in [2.75, 3.05) is 13.2 Å². The molecule has 0 fully saturated rings. The van der Waals surface area contributed by atoms with Gasteiger partial charge in [0.15, 0.2) is 0 Å². The minimum absolute atomic E-state index is 0.120. The van der Waals surface area contributed by atoms with Gasteiger partial charge in [0, 0.05) is 6.61 Å². The highest BCUT2D eigenvalue weighted by atomic mass is 16.5. The van der Waals surface area contributed by atoms with Crippen LogP contribution in [0.3, 0.4) is 0 Å². The lowest BCUT2D eigenvalue weighted by Crippen LogP contribution is -2.20. The maximum atomic E-state index is 9.22. The highest BCUT2D eigenvalue weighted by Crippen LogP contribution is 2.24. The lowest BCUT2D eigenvalue weighted by atomic mass is 9.96. The van der Waals surface area contributed by atoms with E-state index in [1.165, 1.54) is 5.56 Å². The van der Waals surface area contributed by atoms with E-state index in [1.807, 2.05) is 48.5 Å². The topological polar surface area (TPSA) is 55.5 Å². The van der Waals surface area contributed by atoms with Crippen molar-refractivity contribution in [1.82, 2.24) is 0 Å². The highest BCUT2D eigenvalue weighted by Gasteiger charge is 2.09. The van der Waals surface area contributed by atoms with Gasteiger partial charge in [-0.1, -0.05) is 24.3 Å². The van der Waals surface area contributed by atoms with Gasteiger partial charge >= 0.3 is 0 Å². The average Bonchev–Trinajstić information content (AvgIpc) is 2.48. The zero-order valence-electron chi connectivity index (χ0n) is 11.8. The lowest BCUT2D eigenvalue weighted by molar-refractivity contribution is 0.229. The molecule has 2 aromatic rings. The fourth-order valence-corrected chi connectivity index (χ4v) is 2.12. The van der Waals surface area contributed by atoms with Crippen LogP contribution in [0.1, 0.15) is 11.1 Å². The molecule has 106 valence electrons. The molecular weight excluding hydrogens is 250 g/mol. The van der Waals surface area contributed by atoms with E-state index in [0.717, 1.165) is 23.5 Å². The molecule has 3 N–H and O–H groups in total. The Morgan fingerprint density at radius 3 is 2.45 bits per heavy atom. The number of benzene rings is 2. The van der Waals surface area contributed by atoms with E-state index < -0.39 is 0 Å². The number of hydrogen-bond acceptors (Lipinski definition) is 3. The van der Waals surface area contributed by atoms with Crippen molar-refractivity contribution in [2.24, 2.45) is 11.7 Å². The predicted octanol–water partition coefficient (Wildman–Crippen LogP) is 2.90. The number of hydrogen-bond donors (Lipinski definition) is 2. The zero-order valence-corrected chi connectivity index (χ0v) is 11.8. The fourth-order valence-electron chi connectivity index (χ4n) is 2.12. The molecule has 2 rings (SSSR count). The summed E-state index contributed by atoms with van der Waals surface area (Å²) in [5.41, 5.74) is 7.99. The smallest absolute Gasteiger partial charge is 0.127 e. The second kappa shape index (κ2) is 7.08. The SMILES string of the molecule is Cc1cc(Oc2ccccc2)ccc1CC(CN)CO. The van der Waals surface area contributed by atoms with E-state index >= 15 is 0 Å². The third kappa shape index (κ3) is 3.83. The van der Waals surface area contributed by atoms with E-state index in [9.17, 15) is 5.11 Å². The van der Waals surface area contributed by atoms with Gasteiger partial charge in [-0.3, -0.25) is 0 Å². The summed E-state index contributed by atoms with van der Waals surface area (Å²) < 4.78 is 5.80. The molecule has 20 heavy (non-hydrogen) atoms. The van der Waals surface area contributed by atoms with Crippen molar-refractivity contribution in [3.8, 4) is 11.5 Å². The first-order chi connectivity index (χ1) is 9.72. The Balaban J connectivity index is 2.09. The molecule has 2 aromatic carbocycles. The molecule has 1 unspecified atom stereocenters. The maximum absolute atomic E-state index is 9.22. The standard InChI is InChI=1S/C17H21NO2/c1-13-9-17(20-16-5-3-2-4-6-16)8-7-15(13)10-14(11-18)12-19/h2-9,14,19H,10-12,18H2,1H3. The molecule has 1 atom stereocenters. The van der Waals surface area contributed by atoms with Crippen molar-refractivity contribution < 1.29 is 9.84 Å². The molecule has 0 saturated carbocycles. The van der Waals surface area contributed by atoms with Gasteiger partial charge < -0.3 is 15.6 Å². The van der Waals surface area contributed by atoms with Crippen LogP contribution < -0.4 is 10.5 Å². The Bertz CT molecular complexity index is 536. The molecule has 3 heteroatoms. The van der Waals surface area contributed by atoms with Gasteiger partial charge in [-0.25, -0.2) is 0 Å². The maximum Gasteiger partial charge on any atom is 0.127 e. The lowest BCUT2D eigenvalue weighted by Gasteiger charge is -2.14. The predicted molar refractivity (Wildman–Crippen MR) is 81.0 cm³/mol. The minimum Gasteiger partial charge on any atom is -0.457 e. The average molecular weight is 271 g/mol. The van der Waals surface area contributed by atoms with E-state index in [0.29, 0.717) is 6.54 Å². The van der Waals surface area contributed by atoms with Crippen LogP contribution in [0.2, 0.25) is 0 Å². The van der Waals surface area contributed by atoms with Gasteiger partial charge in [0.05, 0.1) is 0 Å². The third-order valence-electron chi connectivity index (χ3n) is 3.39. The first-order valence-corrected chi connectivity index (χ1v) is 6.86. The Labute approximate surface area is 120 Å². The number of aliphatic hydroxyl groups is 1. The van der Waals surface area contributed by atoms with E-state index in [1.54, 1.807) is 0 Å². The summed E-state index contributed by atoms with van der Waals surface area (Å²) >= 11 is 0. The molecule has 0 bridgehead atoms. The van der Waals surface area contributed by atoms with Crippen LogP contribution in [0.25, 0.3) is 0 Å². The quantitative estimate of drug-likeness (QED) is 0.849. The van der Waals surface area contributed by atoms with Gasteiger partial charge in [0.25, 0.3) is 0 Å². The van der Waals surface area contributed by atoms with Crippen molar-refractivity contribution >= 4 is 0 Å². The second-order valence-corrected chi connectivity index (χ2v) is 4.99. The monoisotopic (exact) mass is 271 g/mol. The van der Waals surface area contributed by atoms with Gasteiger partial charge in [0.1, 0.15) is 11.5 Å². The molecule has 0 aliphatic rings. The summed E-state index contributed by atoms with van der Waals surface area (Å²) in [4.78, 5) is 0. The third-order valence-corrected chi connectivity index (χ3v) is 3.39. The van der Waals surface area contributed by atoms with Gasteiger partial charge in [-0.05, 0) is 61.2 Å². The van der Waals surface area contributed by atoms with Crippen LogP contribution in [0.4, 0.5) is 0 Å². The number of ether oxygens (including phenoxy) is 1. The number of para-hydroxylation sites is 1. The summed E-state index contributed by atoms with van der Waals surface area (Å²) in [5, 5.41) is 9.22. The number of aliphatic hydroxyl groups excluding tert-OH is 1.